The lowest BCUT2D eigenvalue weighted by atomic mass is 9.99. The van der Waals surface area contributed by atoms with Gasteiger partial charge in [-0.25, -0.2) is 0 Å². The van der Waals surface area contributed by atoms with Gasteiger partial charge in [0, 0.05) is 16.8 Å². The van der Waals surface area contributed by atoms with Crippen molar-refractivity contribution in [1.82, 2.24) is 0 Å². The average molecular weight is 528 g/mol. The van der Waals surface area contributed by atoms with Gasteiger partial charge in [0.05, 0.1) is 11.9 Å². The van der Waals surface area contributed by atoms with E-state index in [4.69, 9.17) is 4.74 Å². The van der Waals surface area contributed by atoms with Crippen molar-refractivity contribution >= 4 is 27.8 Å². The van der Waals surface area contributed by atoms with Crippen molar-refractivity contribution in [3.05, 3.63) is 170 Å². The second-order valence-corrected chi connectivity index (χ2v) is 10.2. The molecule has 6 aromatic rings. The molecule has 0 unspecified atom stereocenters. The molecule has 2 nitrogen and oxygen atoms in total. The summed E-state index contributed by atoms with van der Waals surface area (Å²) in [5.41, 5.74) is 9.34. The summed E-state index contributed by atoms with van der Waals surface area (Å²) in [6, 6.07) is 49.8. The van der Waals surface area contributed by atoms with Crippen LogP contribution in [0.2, 0.25) is 0 Å². The van der Waals surface area contributed by atoms with Gasteiger partial charge in [-0.1, -0.05) is 109 Å². The van der Waals surface area contributed by atoms with Crippen molar-refractivity contribution < 1.29 is 4.74 Å². The van der Waals surface area contributed by atoms with Crippen LogP contribution in [-0.4, -0.2) is 0 Å². The monoisotopic (exact) mass is 527 g/mol. The Hall–Kier alpha value is -5.34. The van der Waals surface area contributed by atoms with Crippen LogP contribution < -0.4 is 9.64 Å². The number of fused-ring (bicyclic) bond motifs is 2. The minimum Gasteiger partial charge on any atom is -0.465 e. The third kappa shape index (κ3) is 5.04. The number of ether oxygens (including phenoxy) is 1. The Bertz CT molecular complexity index is 1860. The molecule has 0 saturated heterocycles. The molecule has 2 heteroatoms. The summed E-state index contributed by atoms with van der Waals surface area (Å²) in [5, 5.41) is 2.44. The van der Waals surface area contributed by atoms with Gasteiger partial charge >= 0.3 is 0 Å². The van der Waals surface area contributed by atoms with E-state index >= 15 is 0 Å². The molecule has 6 aromatic carbocycles. The van der Waals surface area contributed by atoms with Gasteiger partial charge in [0.15, 0.2) is 0 Å². The normalized spacial score (nSPS) is 12.3. The molecular weight excluding hydrogens is 498 g/mol. The first kappa shape index (κ1) is 24.7. The zero-order valence-corrected chi connectivity index (χ0v) is 22.7. The second-order valence-electron chi connectivity index (χ2n) is 10.2. The zero-order valence-electron chi connectivity index (χ0n) is 22.7. The van der Waals surface area contributed by atoms with E-state index in [1.54, 1.807) is 6.26 Å². The molecule has 0 fully saturated rings. The highest BCUT2D eigenvalue weighted by molar-refractivity contribution is 5.99. The zero-order chi connectivity index (χ0) is 27.4. The molecule has 0 saturated carbocycles. The molecule has 1 aliphatic rings. The highest BCUT2D eigenvalue weighted by Crippen LogP contribution is 2.40. The molecule has 0 N–H and O–H groups in total. The molecule has 0 amide bonds. The topological polar surface area (TPSA) is 12.5 Å². The van der Waals surface area contributed by atoms with E-state index < -0.39 is 0 Å². The first-order valence-electron chi connectivity index (χ1n) is 14.0. The third-order valence-corrected chi connectivity index (χ3v) is 7.62. The van der Waals surface area contributed by atoms with E-state index in [9.17, 15) is 0 Å². The Morgan fingerprint density at radius 3 is 1.93 bits per heavy atom. The standard InChI is InChI=1S/C39H29NO/c1-3-10-29(11-4-1)30-17-22-35(23-18-30)40(38-16-9-14-32-12-6-7-15-37(32)38)36-24-19-31(20-25-36)33-21-26-39-34(28-33)13-5-2-8-27-41-39/h1-12,14-28H,13H2. The molecule has 1 heterocycles. The number of hydrogen-bond acceptors (Lipinski definition) is 2. The van der Waals surface area contributed by atoms with Crippen LogP contribution in [0.15, 0.2) is 164 Å². The molecule has 0 bridgehead atoms. The fourth-order valence-electron chi connectivity index (χ4n) is 5.53. The number of rotatable bonds is 5. The first-order valence-corrected chi connectivity index (χ1v) is 14.0. The van der Waals surface area contributed by atoms with Crippen LogP contribution >= 0.6 is 0 Å². The van der Waals surface area contributed by atoms with Crippen molar-refractivity contribution in [2.24, 2.45) is 0 Å². The van der Waals surface area contributed by atoms with Gasteiger partial charge < -0.3 is 9.64 Å². The predicted molar refractivity (Wildman–Crippen MR) is 172 cm³/mol. The van der Waals surface area contributed by atoms with Gasteiger partial charge in [0.1, 0.15) is 5.75 Å². The van der Waals surface area contributed by atoms with Crippen molar-refractivity contribution in [2.75, 3.05) is 4.90 Å². The summed E-state index contributed by atoms with van der Waals surface area (Å²) in [7, 11) is 0. The molecule has 1 aliphatic heterocycles. The van der Waals surface area contributed by atoms with E-state index in [0.29, 0.717) is 0 Å². The fourth-order valence-corrected chi connectivity index (χ4v) is 5.53. The van der Waals surface area contributed by atoms with Crippen molar-refractivity contribution in [1.29, 1.82) is 0 Å². The molecule has 7 rings (SSSR count). The molecule has 0 atom stereocenters. The van der Waals surface area contributed by atoms with Crippen molar-refractivity contribution in [3.63, 3.8) is 0 Å². The Kier molecular flexibility index (Phi) is 6.64. The summed E-state index contributed by atoms with van der Waals surface area (Å²) in [6.07, 6.45) is 8.69. The summed E-state index contributed by atoms with van der Waals surface area (Å²) in [4.78, 5) is 2.35. The lowest BCUT2D eigenvalue weighted by molar-refractivity contribution is 0.475. The van der Waals surface area contributed by atoms with E-state index in [1.807, 2.05) is 12.2 Å². The first-order chi connectivity index (χ1) is 20.3. The smallest absolute Gasteiger partial charge is 0.130 e. The van der Waals surface area contributed by atoms with Crippen LogP contribution in [0.4, 0.5) is 17.1 Å². The molecule has 0 aromatic heterocycles. The SMILES string of the molecule is C1=CCc2cc(-c3ccc(N(c4ccc(-c5ccccc5)cc4)c4cccc5ccccc45)cc3)ccc2OC=C1. The molecular formula is C39H29NO. The van der Waals surface area contributed by atoms with Gasteiger partial charge in [-0.15, -0.1) is 0 Å². The van der Waals surface area contributed by atoms with Gasteiger partial charge in [0.25, 0.3) is 0 Å². The van der Waals surface area contributed by atoms with Crippen molar-refractivity contribution in [3.8, 4) is 28.0 Å². The van der Waals surface area contributed by atoms with Crippen LogP contribution in [0.5, 0.6) is 5.75 Å². The summed E-state index contributed by atoms with van der Waals surface area (Å²) < 4.78 is 5.80. The van der Waals surface area contributed by atoms with E-state index in [-0.39, 0.29) is 0 Å². The lowest BCUT2D eigenvalue weighted by Crippen LogP contribution is -2.10. The average Bonchev–Trinajstić information content (AvgIpc) is 3.03. The quantitative estimate of drug-likeness (QED) is 0.221. The van der Waals surface area contributed by atoms with E-state index in [0.717, 1.165) is 29.2 Å². The Labute approximate surface area is 241 Å². The second kappa shape index (κ2) is 11.0. The number of allylic oxidation sites excluding steroid dienone is 3. The molecule has 0 radical (unpaired) electrons. The van der Waals surface area contributed by atoms with Crippen LogP contribution in [0.3, 0.4) is 0 Å². The number of nitrogens with zero attached hydrogens (tertiary/aromatic N) is 1. The molecule has 0 spiro atoms. The van der Waals surface area contributed by atoms with Crippen molar-refractivity contribution in [2.45, 2.75) is 6.42 Å². The van der Waals surface area contributed by atoms with Gasteiger partial charge in [0.2, 0.25) is 0 Å². The minimum absolute atomic E-state index is 0.847. The van der Waals surface area contributed by atoms with Crippen LogP contribution in [0.1, 0.15) is 5.56 Å². The van der Waals surface area contributed by atoms with Crippen LogP contribution in [-0.2, 0) is 6.42 Å². The third-order valence-electron chi connectivity index (χ3n) is 7.62. The Balaban J connectivity index is 1.29. The Morgan fingerprint density at radius 2 is 1.15 bits per heavy atom. The summed E-state index contributed by atoms with van der Waals surface area (Å²) in [5.74, 6) is 0.909. The van der Waals surface area contributed by atoms with Gasteiger partial charge in [-0.3, -0.25) is 0 Å². The van der Waals surface area contributed by atoms with Gasteiger partial charge in [-0.2, -0.15) is 0 Å². The number of hydrogen-bond donors (Lipinski definition) is 0. The molecule has 0 aliphatic carbocycles. The maximum absolute atomic E-state index is 5.80. The highest BCUT2D eigenvalue weighted by Gasteiger charge is 2.16. The maximum Gasteiger partial charge on any atom is 0.130 e. The predicted octanol–water partition coefficient (Wildman–Crippen LogP) is 10.6. The molecule has 41 heavy (non-hydrogen) atoms. The van der Waals surface area contributed by atoms with Crippen LogP contribution in [0, 0.1) is 0 Å². The Morgan fingerprint density at radius 1 is 0.512 bits per heavy atom. The maximum atomic E-state index is 5.80. The molecule has 196 valence electrons. The minimum atomic E-state index is 0.847. The lowest BCUT2D eigenvalue weighted by Gasteiger charge is -2.27. The number of anilines is 3. The van der Waals surface area contributed by atoms with E-state index in [1.165, 1.54) is 38.6 Å². The highest BCUT2D eigenvalue weighted by atomic mass is 16.5. The summed E-state index contributed by atoms with van der Waals surface area (Å²) in [6.45, 7) is 0. The number of benzene rings is 6. The van der Waals surface area contributed by atoms with Crippen LogP contribution in [0.25, 0.3) is 33.0 Å². The fraction of sp³-hybridized carbons (Fsp3) is 0.0256. The largest absolute Gasteiger partial charge is 0.465 e. The summed E-state index contributed by atoms with van der Waals surface area (Å²) >= 11 is 0. The van der Waals surface area contributed by atoms with Gasteiger partial charge in [-0.05, 0) is 88.2 Å². The van der Waals surface area contributed by atoms with E-state index in [2.05, 4.69) is 151 Å².